The molecule has 4 heteroatoms. The highest BCUT2D eigenvalue weighted by Crippen LogP contribution is 2.37. The molecule has 22 heavy (non-hydrogen) atoms. The van der Waals surface area contributed by atoms with E-state index in [0.29, 0.717) is 12.5 Å². The van der Waals surface area contributed by atoms with Crippen LogP contribution in [0, 0.1) is 5.92 Å². The minimum absolute atomic E-state index is 0.0135. The van der Waals surface area contributed by atoms with Crippen molar-refractivity contribution in [3.05, 3.63) is 58.4 Å². The van der Waals surface area contributed by atoms with Crippen LogP contribution in [0.2, 0.25) is 5.02 Å². The molecular formula is C18H20ClNO2. The summed E-state index contributed by atoms with van der Waals surface area (Å²) in [5.74, 6) is 1.41. The number of methoxy groups -OCH3 is 1. The second-order valence-corrected chi connectivity index (χ2v) is 6.26. The summed E-state index contributed by atoms with van der Waals surface area (Å²) in [7, 11) is 1.67. The van der Waals surface area contributed by atoms with Gasteiger partial charge in [-0.3, -0.25) is 4.98 Å². The molecule has 0 saturated heterocycles. The van der Waals surface area contributed by atoms with Gasteiger partial charge in [0.2, 0.25) is 0 Å². The van der Waals surface area contributed by atoms with Crippen LogP contribution in [0.4, 0.5) is 0 Å². The maximum absolute atomic E-state index is 6.31. The number of hydrogen-bond donors (Lipinski definition) is 0. The first-order valence-corrected chi connectivity index (χ1v) is 7.93. The Morgan fingerprint density at radius 1 is 1.23 bits per heavy atom. The number of benzene rings is 1. The van der Waals surface area contributed by atoms with Gasteiger partial charge in [-0.05, 0) is 48.1 Å². The van der Waals surface area contributed by atoms with E-state index in [-0.39, 0.29) is 6.10 Å². The highest BCUT2D eigenvalue weighted by molar-refractivity contribution is 6.31. The molecule has 0 fully saturated rings. The number of fused-ring (bicyclic) bond motifs is 1. The van der Waals surface area contributed by atoms with Crippen molar-refractivity contribution < 1.29 is 9.47 Å². The molecule has 3 rings (SSSR count). The van der Waals surface area contributed by atoms with Gasteiger partial charge in [0.25, 0.3) is 0 Å². The summed E-state index contributed by atoms with van der Waals surface area (Å²) in [6, 6.07) is 9.81. The lowest BCUT2D eigenvalue weighted by molar-refractivity contribution is 0.0155. The maximum Gasteiger partial charge on any atom is 0.118 e. The minimum Gasteiger partial charge on any atom is -0.497 e. The fourth-order valence-corrected chi connectivity index (χ4v) is 3.17. The lowest BCUT2D eigenvalue weighted by Crippen LogP contribution is -2.20. The van der Waals surface area contributed by atoms with Crippen molar-refractivity contribution in [3.63, 3.8) is 0 Å². The van der Waals surface area contributed by atoms with Crippen LogP contribution >= 0.6 is 11.6 Å². The quantitative estimate of drug-likeness (QED) is 0.827. The van der Waals surface area contributed by atoms with E-state index in [9.17, 15) is 0 Å². The molecule has 1 aliphatic carbocycles. The van der Waals surface area contributed by atoms with Gasteiger partial charge < -0.3 is 9.47 Å². The normalized spacial score (nSPS) is 20.5. The van der Waals surface area contributed by atoms with Crippen LogP contribution in [0.5, 0.6) is 5.75 Å². The van der Waals surface area contributed by atoms with Crippen LogP contribution in [-0.2, 0) is 17.8 Å². The Balaban J connectivity index is 1.74. The Morgan fingerprint density at radius 2 is 2.00 bits per heavy atom. The molecule has 1 aliphatic rings. The zero-order chi connectivity index (χ0) is 15.5. The van der Waals surface area contributed by atoms with Crippen molar-refractivity contribution in [2.45, 2.75) is 32.5 Å². The van der Waals surface area contributed by atoms with Gasteiger partial charge in [-0.25, -0.2) is 0 Å². The first-order valence-electron chi connectivity index (χ1n) is 7.55. The van der Waals surface area contributed by atoms with Crippen LogP contribution in [0.15, 0.2) is 36.5 Å². The smallest absolute Gasteiger partial charge is 0.118 e. The van der Waals surface area contributed by atoms with Crippen molar-refractivity contribution in [2.75, 3.05) is 7.11 Å². The number of pyridine rings is 1. The van der Waals surface area contributed by atoms with Gasteiger partial charge in [-0.2, -0.15) is 0 Å². The van der Waals surface area contributed by atoms with E-state index >= 15 is 0 Å². The fourth-order valence-electron chi connectivity index (χ4n) is 2.94. The predicted molar refractivity (Wildman–Crippen MR) is 87.3 cm³/mol. The van der Waals surface area contributed by atoms with Gasteiger partial charge in [0.1, 0.15) is 11.9 Å². The molecule has 0 unspecified atom stereocenters. The standard InChI is InChI=1S/C18H20ClNO2/c1-12-9-15-16(19)7-8-20-18(15)17(10-12)22-11-13-3-5-14(21-2)6-4-13/h3-8,12,17H,9-11H2,1-2H3/t12-,17+/m1/s1. The number of ether oxygens (including phenoxy) is 2. The molecule has 0 aliphatic heterocycles. The van der Waals surface area contributed by atoms with Crippen LogP contribution < -0.4 is 4.74 Å². The van der Waals surface area contributed by atoms with E-state index in [1.54, 1.807) is 13.3 Å². The molecule has 0 bridgehead atoms. The zero-order valence-electron chi connectivity index (χ0n) is 12.9. The SMILES string of the molecule is COc1ccc(CO[C@H]2C[C@H](C)Cc3c(Cl)ccnc32)cc1. The molecule has 0 saturated carbocycles. The molecule has 116 valence electrons. The molecule has 0 amide bonds. The summed E-state index contributed by atoms with van der Waals surface area (Å²) in [5.41, 5.74) is 3.27. The summed E-state index contributed by atoms with van der Waals surface area (Å²) in [5, 5.41) is 0.801. The molecule has 1 aromatic heterocycles. The zero-order valence-corrected chi connectivity index (χ0v) is 13.6. The average Bonchev–Trinajstić information content (AvgIpc) is 2.54. The van der Waals surface area contributed by atoms with Crippen molar-refractivity contribution in [3.8, 4) is 5.75 Å². The van der Waals surface area contributed by atoms with Gasteiger partial charge in [-0.1, -0.05) is 30.7 Å². The highest BCUT2D eigenvalue weighted by atomic mass is 35.5. The largest absolute Gasteiger partial charge is 0.497 e. The van der Waals surface area contributed by atoms with Crippen molar-refractivity contribution in [1.29, 1.82) is 0 Å². The first kappa shape index (κ1) is 15.3. The molecule has 0 spiro atoms. The van der Waals surface area contributed by atoms with Gasteiger partial charge in [0, 0.05) is 11.2 Å². The molecule has 2 aromatic rings. The van der Waals surface area contributed by atoms with Crippen molar-refractivity contribution in [1.82, 2.24) is 4.98 Å². The Kier molecular flexibility index (Phi) is 4.65. The summed E-state index contributed by atoms with van der Waals surface area (Å²) >= 11 is 6.31. The van der Waals surface area contributed by atoms with Crippen molar-refractivity contribution in [2.24, 2.45) is 5.92 Å². The second-order valence-electron chi connectivity index (χ2n) is 5.85. The van der Waals surface area contributed by atoms with Gasteiger partial charge >= 0.3 is 0 Å². The predicted octanol–water partition coefficient (Wildman–Crippen LogP) is 4.58. The number of halogens is 1. The van der Waals surface area contributed by atoms with E-state index in [1.807, 2.05) is 30.3 Å². The summed E-state index contributed by atoms with van der Waals surface area (Å²) in [6.07, 6.45) is 3.74. The highest BCUT2D eigenvalue weighted by Gasteiger charge is 2.28. The molecular weight excluding hydrogens is 298 g/mol. The Bertz CT molecular complexity index is 642. The van der Waals surface area contributed by atoms with Crippen LogP contribution in [-0.4, -0.2) is 12.1 Å². The van der Waals surface area contributed by atoms with Gasteiger partial charge in [-0.15, -0.1) is 0 Å². The van der Waals surface area contributed by atoms with Gasteiger partial charge in [0.05, 0.1) is 19.4 Å². The van der Waals surface area contributed by atoms with E-state index in [4.69, 9.17) is 21.1 Å². The maximum atomic E-state index is 6.31. The summed E-state index contributed by atoms with van der Waals surface area (Å²) < 4.78 is 11.3. The lowest BCUT2D eigenvalue weighted by Gasteiger charge is -2.29. The molecule has 0 radical (unpaired) electrons. The van der Waals surface area contributed by atoms with E-state index in [2.05, 4.69) is 11.9 Å². The van der Waals surface area contributed by atoms with Crippen LogP contribution in [0.3, 0.4) is 0 Å². The summed E-state index contributed by atoms with van der Waals surface area (Å²) in [6.45, 7) is 2.80. The second kappa shape index (κ2) is 6.67. The fraction of sp³-hybridized carbons (Fsp3) is 0.389. The van der Waals surface area contributed by atoms with Crippen LogP contribution in [0.25, 0.3) is 0 Å². The van der Waals surface area contributed by atoms with Crippen molar-refractivity contribution >= 4 is 11.6 Å². The van der Waals surface area contributed by atoms with E-state index < -0.39 is 0 Å². The van der Waals surface area contributed by atoms with Gasteiger partial charge in [0.15, 0.2) is 0 Å². The molecule has 1 aromatic carbocycles. The third-order valence-electron chi connectivity index (χ3n) is 4.12. The number of hydrogen-bond acceptors (Lipinski definition) is 3. The Labute approximate surface area is 136 Å². The summed E-state index contributed by atoms with van der Waals surface area (Å²) in [4.78, 5) is 4.51. The Hall–Kier alpha value is -1.58. The molecule has 0 N–H and O–H groups in total. The molecule has 2 atom stereocenters. The third kappa shape index (κ3) is 3.26. The van der Waals surface area contributed by atoms with Crippen LogP contribution in [0.1, 0.15) is 36.3 Å². The third-order valence-corrected chi connectivity index (χ3v) is 4.47. The number of nitrogens with zero attached hydrogens (tertiary/aromatic N) is 1. The lowest BCUT2D eigenvalue weighted by atomic mass is 9.86. The minimum atomic E-state index is 0.0135. The van der Waals surface area contributed by atoms with E-state index in [0.717, 1.165) is 40.4 Å². The first-order chi connectivity index (χ1) is 10.7. The van der Waals surface area contributed by atoms with E-state index in [1.165, 1.54) is 0 Å². The monoisotopic (exact) mass is 317 g/mol. The molecule has 1 heterocycles. The number of rotatable bonds is 4. The number of aromatic nitrogens is 1. The Morgan fingerprint density at radius 3 is 2.73 bits per heavy atom. The molecule has 3 nitrogen and oxygen atoms in total. The average molecular weight is 318 g/mol. The topological polar surface area (TPSA) is 31.4 Å².